The van der Waals surface area contributed by atoms with Crippen molar-refractivity contribution in [2.75, 3.05) is 13.2 Å². The van der Waals surface area contributed by atoms with Gasteiger partial charge in [-0.05, 0) is 34.2 Å². The highest BCUT2D eigenvalue weighted by Crippen LogP contribution is 2.19. The van der Waals surface area contributed by atoms with Crippen molar-refractivity contribution < 1.29 is 13.9 Å². The fourth-order valence-corrected chi connectivity index (χ4v) is 2.30. The van der Waals surface area contributed by atoms with Crippen molar-refractivity contribution in [2.24, 2.45) is 0 Å². The zero-order valence-corrected chi connectivity index (χ0v) is 12.8. The summed E-state index contributed by atoms with van der Waals surface area (Å²) in [5, 5.41) is 0.408. The van der Waals surface area contributed by atoms with E-state index in [1.807, 2.05) is 6.07 Å². The molecule has 0 saturated carbocycles. The van der Waals surface area contributed by atoms with Crippen LogP contribution in [0.3, 0.4) is 0 Å². The molecule has 0 bridgehead atoms. The molecule has 0 spiro atoms. The summed E-state index contributed by atoms with van der Waals surface area (Å²) in [5.74, 6) is -0.391. The molecule has 19 heavy (non-hydrogen) atoms. The number of cyclic esters (lactones) is 1. The van der Waals surface area contributed by atoms with Crippen molar-refractivity contribution in [3.8, 4) is 0 Å². The van der Waals surface area contributed by atoms with Crippen LogP contribution >= 0.6 is 34.2 Å². The second-order valence-electron chi connectivity index (χ2n) is 4.00. The summed E-state index contributed by atoms with van der Waals surface area (Å²) in [5.41, 5.74) is 1.57. The van der Waals surface area contributed by atoms with Crippen molar-refractivity contribution in [3.05, 3.63) is 40.8 Å². The number of carbonyl (C=O) groups excluding carboxylic acids is 1. The fraction of sp³-hybridized carbons (Fsp3) is 0.333. The molecule has 1 aliphatic rings. The molecule has 0 fully saturated rings. The summed E-state index contributed by atoms with van der Waals surface area (Å²) in [4.78, 5) is 16.8. The van der Waals surface area contributed by atoms with Gasteiger partial charge in [0.25, 0.3) is 0 Å². The second-order valence-corrected chi connectivity index (χ2v) is 5.74. The van der Waals surface area contributed by atoms with Gasteiger partial charge in [-0.25, -0.2) is 14.2 Å². The number of alkyl halides is 2. The highest BCUT2D eigenvalue weighted by Gasteiger charge is 2.21. The van der Waals surface area contributed by atoms with E-state index in [2.05, 4.69) is 4.98 Å². The van der Waals surface area contributed by atoms with E-state index < -0.39 is 10.1 Å². The zero-order valence-electron chi connectivity index (χ0n) is 9.85. The summed E-state index contributed by atoms with van der Waals surface area (Å²) >= 11 is 7.42. The molecule has 7 heteroatoms. The number of nitrogens with zero attached hydrogens (tertiary/aromatic N) is 2. The number of rotatable bonds is 5. The van der Waals surface area contributed by atoms with Gasteiger partial charge < -0.3 is 9.64 Å². The third-order valence-electron chi connectivity index (χ3n) is 2.57. The van der Waals surface area contributed by atoms with Crippen LogP contribution in [0.25, 0.3) is 0 Å². The Morgan fingerprint density at radius 3 is 2.89 bits per heavy atom. The summed E-state index contributed by atoms with van der Waals surface area (Å²) < 4.78 is 17.0. The second kappa shape index (κ2) is 6.51. The minimum atomic E-state index is -1.03. The minimum Gasteiger partial charge on any atom is -0.456 e. The molecule has 0 aliphatic carbocycles. The summed E-state index contributed by atoms with van der Waals surface area (Å²) in [6.07, 6.45) is 3.02. The van der Waals surface area contributed by atoms with E-state index in [1.165, 1.54) is 6.08 Å². The zero-order chi connectivity index (χ0) is 13.8. The molecule has 1 aromatic heterocycles. The van der Waals surface area contributed by atoms with Gasteiger partial charge in [0, 0.05) is 18.8 Å². The molecule has 4 nitrogen and oxygen atoms in total. The maximum absolute atomic E-state index is 13.2. The van der Waals surface area contributed by atoms with Crippen LogP contribution in [-0.4, -0.2) is 33.2 Å². The van der Waals surface area contributed by atoms with Gasteiger partial charge in [-0.1, -0.05) is 17.7 Å². The monoisotopic (exact) mass is 396 g/mol. The molecule has 1 atom stereocenters. The highest BCUT2D eigenvalue weighted by atomic mass is 127. The van der Waals surface area contributed by atoms with E-state index in [1.54, 1.807) is 39.8 Å². The van der Waals surface area contributed by atoms with Crippen LogP contribution < -0.4 is 0 Å². The van der Waals surface area contributed by atoms with E-state index in [0.717, 1.165) is 5.56 Å². The molecule has 0 aromatic carbocycles. The predicted molar refractivity (Wildman–Crippen MR) is 77.6 cm³/mol. The van der Waals surface area contributed by atoms with Crippen LogP contribution in [0.5, 0.6) is 0 Å². The van der Waals surface area contributed by atoms with Gasteiger partial charge >= 0.3 is 5.97 Å². The van der Waals surface area contributed by atoms with Gasteiger partial charge in [0.1, 0.15) is 11.8 Å². The SMILES string of the molecule is O=C1C=C(N(Cc2ccc(Cl)nc2)CC(F)I)CO1. The van der Waals surface area contributed by atoms with Crippen molar-refractivity contribution in [2.45, 2.75) is 10.7 Å². The van der Waals surface area contributed by atoms with E-state index >= 15 is 0 Å². The van der Waals surface area contributed by atoms with Crippen molar-refractivity contribution in [1.29, 1.82) is 0 Å². The van der Waals surface area contributed by atoms with E-state index in [4.69, 9.17) is 16.3 Å². The van der Waals surface area contributed by atoms with Crippen molar-refractivity contribution in [3.63, 3.8) is 0 Å². The predicted octanol–water partition coefficient (Wildman–Crippen LogP) is 2.71. The topological polar surface area (TPSA) is 42.4 Å². The minimum absolute atomic E-state index is 0.184. The quantitative estimate of drug-likeness (QED) is 0.332. The van der Waals surface area contributed by atoms with Crippen LogP contribution in [0.2, 0.25) is 5.15 Å². The van der Waals surface area contributed by atoms with Crippen LogP contribution in [0, 0.1) is 0 Å². The van der Waals surface area contributed by atoms with Crippen LogP contribution in [0.1, 0.15) is 5.56 Å². The van der Waals surface area contributed by atoms with E-state index in [9.17, 15) is 9.18 Å². The lowest BCUT2D eigenvalue weighted by molar-refractivity contribution is -0.135. The van der Waals surface area contributed by atoms with Gasteiger partial charge in [0.2, 0.25) is 0 Å². The molecule has 0 radical (unpaired) electrons. The number of hydrogen-bond acceptors (Lipinski definition) is 4. The number of esters is 1. The molecule has 102 valence electrons. The first-order valence-corrected chi connectivity index (χ1v) is 7.18. The normalized spacial score (nSPS) is 15.9. The molecule has 1 unspecified atom stereocenters. The number of ether oxygens (including phenoxy) is 1. The lowest BCUT2D eigenvalue weighted by atomic mass is 10.2. The Bertz CT molecular complexity index is 493. The average molecular weight is 397 g/mol. The van der Waals surface area contributed by atoms with E-state index in [-0.39, 0.29) is 13.2 Å². The first-order chi connectivity index (χ1) is 9.04. The van der Waals surface area contributed by atoms with Gasteiger partial charge in [-0.2, -0.15) is 0 Å². The third kappa shape index (κ3) is 4.31. The van der Waals surface area contributed by atoms with Gasteiger partial charge in [-0.3, -0.25) is 0 Å². The number of hydrogen-bond donors (Lipinski definition) is 0. The van der Waals surface area contributed by atoms with Gasteiger partial charge in [0.05, 0.1) is 12.2 Å². The third-order valence-corrected chi connectivity index (χ3v) is 3.19. The smallest absolute Gasteiger partial charge is 0.333 e. The summed E-state index contributed by atoms with van der Waals surface area (Å²) in [6.45, 7) is 0.824. The standard InChI is InChI=1S/C12H11ClFIN2O2/c13-10-2-1-8(4-16-10)5-17(6-11(14)15)9-3-12(18)19-7-9/h1-4,11H,5-7H2. The van der Waals surface area contributed by atoms with E-state index in [0.29, 0.717) is 17.4 Å². The number of aromatic nitrogens is 1. The van der Waals surface area contributed by atoms with Gasteiger partial charge in [0.15, 0.2) is 4.18 Å². The Kier molecular flexibility index (Phi) is 4.98. The molecule has 1 aromatic rings. The fourth-order valence-electron chi connectivity index (χ4n) is 1.72. The molecule has 2 rings (SSSR count). The Morgan fingerprint density at radius 1 is 1.58 bits per heavy atom. The van der Waals surface area contributed by atoms with Crippen LogP contribution in [-0.2, 0) is 16.1 Å². The Balaban J connectivity index is 2.11. The molecule has 0 amide bonds. The number of carbonyl (C=O) groups is 1. The lowest BCUT2D eigenvalue weighted by Gasteiger charge is -2.25. The molecule has 0 N–H and O–H groups in total. The summed E-state index contributed by atoms with van der Waals surface area (Å²) in [7, 11) is 0. The molecule has 1 aliphatic heterocycles. The van der Waals surface area contributed by atoms with Crippen LogP contribution in [0.15, 0.2) is 30.1 Å². The Labute approximate surface area is 128 Å². The Morgan fingerprint density at radius 2 is 2.37 bits per heavy atom. The first kappa shape index (κ1) is 14.5. The number of halogens is 3. The molecular formula is C12H11ClFIN2O2. The maximum atomic E-state index is 13.2. The molecular weight excluding hydrogens is 385 g/mol. The van der Waals surface area contributed by atoms with Crippen molar-refractivity contribution >= 4 is 40.2 Å². The van der Waals surface area contributed by atoms with Crippen LogP contribution in [0.4, 0.5) is 4.39 Å². The largest absolute Gasteiger partial charge is 0.456 e. The first-order valence-electron chi connectivity index (χ1n) is 5.55. The molecule has 2 heterocycles. The van der Waals surface area contributed by atoms with Crippen molar-refractivity contribution in [1.82, 2.24) is 9.88 Å². The molecule has 0 saturated heterocycles. The lowest BCUT2D eigenvalue weighted by Crippen LogP contribution is -2.28. The average Bonchev–Trinajstić information content (AvgIpc) is 2.77. The van der Waals surface area contributed by atoms with Gasteiger partial charge in [-0.15, -0.1) is 0 Å². The summed E-state index contributed by atoms with van der Waals surface area (Å²) in [6, 6.07) is 3.50. The maximum Gasteiger partial charge on any atom is 0.333 e. The number of pyridine rings is 1. The Hall–Kier alpha value is -0.890. The highest BCUT2D eigenvalue weighted by molar-refractivity contribution is 14.1.